The lowest BCUT2D eigenvalue weighted by Crippen LogP contribution is -2.31. The fraction of sp³-hybridized carbons (Fsp3) is 0.294. The van der Waals surface area contributed by atoms with Crippen LogP contribution in [-0.4, -0.2) is 65.8 Å². The molecule has 11 heteroatoms. The van der Waals surface area contributed by atoms with Gasteiger partial charge in [-0.3, -0.25) is 14.5 Å². The van der Waals surface area contributed by atoms with Gasteiger partial charge in [-0.25, -0.2) is 9.80 Å². The standard InChI is InChI=1S/C21H22N2O3.C13H12ClN3O2/c1-13(24)23-21(15-5-8-16(25-2)9-6-15)18-11-7-14-4-10-17(26-3)12-19(14)20(18)22-23;1-17-12(18)10(16-13(17)19)5-7-6-15-11-8(7)3-2-4-9(11)14/h4-6,8-10,12,18,21H,7,11H2,1-3H3;2-4,6,10,15H,5H2,1H3,(H,16,19)/t18-,21-;10-/m01/s1. The van der Waals surface area contributed by atoms with Crippen LogP contribution in [0.5, 0.6) is 11.5 Å². The number of benzene rings is 3. The second-order valence-electron chi connectivity index (χ2n) is 11.3. The van der Waals surface area contributed by atoms with E-state index >= 15 is 0 Å². The third kappa shape index (κ3) is 5.62. The number of imide groups is 1. The van der Waals surface area contributed by atoms with Crippen LogP contribution in [0.1, 0.15) is 41.6 Å². The molecule has 0 bridgehead atoms. The van der Waals surface area contributed by atoms with Gasteiger partial charge in [0, 0.05) is 43.5 Å². The Morgan fingerprint density at radius 2 is 1.78 bits per heavy atom. The smallest absolute Gasteiger partial charge is 0.324 e. The largest absolute Gasteiger partial charge is 0.497 e. The SMILES string of the molecule is CN1C(=O)N[C@H](Cc2c[nH]c3c(Cl)cccc23)C1=O.COc1ccc([C@H]2[C@H]3CCc4ccc(OC)cc4C3=NN2C(C)=O)cc1. The summed E-state index contributed by atoms with van der Waals surface area (Å²) in [5.41, 5.74) is 6.25. The number of urea groups is 1. The zero-order valence-corrected chi connectivity index (χ0v) is 26.2. The highest BCUT2D eigenvalue weighted by Gasteiger charge is 2.43. The number of hydrazone groups is 1. The number of likely N-dealkylation sites (N-methyl/N-ethyl adjacent to an activating group) is 1. The van der Waals surface area contributed by atoms with Gasteiger partial charge in [0.2, 0.25) is 5.91 Å². The van der Waals surface area contributed by atoms with Crippen LogP contribution in [0.3, 0.4) is 0 Å². The van der Waals surface area contributed by atoms with Crippen molar-refractivity contribution in [1.29, 1.82) is 0 Å². The summed E-state index contributed by atoms with van der Waals surface area (Å²) in [7, 11) is 4.80. The molecule has 2 N–H and O–H groups in total. The number of para-hydroxylation sites is 1. The summed E-state index contributed by atoms with van der Waals surface area (Å²) in [5.74, 6) is 1.56. The molecule has 1 aromatic heterocycles. The topological polar surface area (TPSA) is 116 Å². The van der Waals surface area contributed by atoms with Crippen LogP contribution >= 0.6 is 11.6 Å². The van der Waals surface area contributed by atoms with Crippen molar-refractivity contribution in [2.45, 2.75) is 38.3 Å². The number of nitrogens with one attached hydrogen (secondary N) is 2. The number of aromatic nitrogens is 1. The first-order chi connectivity index (χ1) is 21.7. The average molecular weight is 628 g/mol. The number of H-pyrrole nitrogens is 1. The van der Waals surface area contributed by atoms with Crippen LogP contribution in [0, 0.1) is 5.92 Å². The zero-order valence-electron chi connectivity index (χ0n) is 25.5. The normalized spacial score (nSPS) is 20.2. The van der Waals surface area contributed by atoms with E-state index in [1.165, 1.54) is 12.6 Å². The zero-order chi connectivity index (χ0) is 31.8. The van der Waals surface area contributed by atoms with E-state index in [2.05, 4.69) is 16.4 Å². The highest BCUT2D eigenvalue weighted by molar-refractivity contribution is 6.35. The van der Waals surface area contributed by atoms with Gasteiger partial charge in [0.25, 0.3) is 5.91 Å². The summed E-state index contributed by atoms with van der Waals surface area (Å²) in [6.07, 6.45) is 4.23. The molecule has 4 amide bonds. The van der Waals surface area contributed by atoms with Crippen LogP contribution in [-0.2, 0) is 22.4 Å². The number of amides is 4. The molecular formula is C34H34ClN5O5. The molecule has 3 aliphatic rings. The number of nitrogens with zero attached hydrogens (tertiary/aromatic N) is 3. The summed E-state index contributed by atoms with van der Waals surface area (Å²) in [6, 6.07) is 18.7. The van der Waals surface area contributed by atoms with Gasteiger partial charge in [0.05, 0.1) is 36.5 Å². The Hall–Kier alpha value is -4.83. The van der Waals surface area contributed by atoms with Gasteiger partial charge in [0.15, 0.2) is 0 Å². The molecule has 232 valence electrons. The number of halogens is 1. The number of fused-ring (bicyclic) bond motifs is 4. The fourth-order valence-electron chi connectivity index (χ4n) is 6.36. The number of hydrogen-bond acceptors (Lipinski definition) is 6. The molecular weight excluding hydrogens is 594 g/mol. The Balaban J connectivity index is 0.000000167. The molecule has 1 saturated heterocycles. The lowest BCUT2D eigenvalue weighted by molar-refractivity contribution is -0.131. The summed E-state index contributed by atoms with van der Waals surface area (Å²) < 4.78 is 10.7. The maximum absolute atomic E-state index is 12.3. The van der Waals surface area contributed by atoms with E-state index in [4.69, 9.17) is 26.2 Å². The summed E-state index contributed by atoms with van der Waals surface area (Å²) in [5, 5.41) is 10.7. The van der Waals surface area contributed by atoms with Gasteiger partial charge in [-0.15, -0.1) is 0 Å². The third-order valence-electron chi connectivity index (χ3n) is 8.71. The first kappa shape index (κ1) is 30.2. The van der Waals surface area contributed by atoms with Crippen molar-refractivity contribution >= 4 is 46.1 Å². The van der Waals surface area contributed by atoms with Crippen molar-refractivity contribution in [2.24, 2.45) is 11.0 Å². The van der Waals surface area contributed by atoms with Crippen molar-refractivity contribution in [2.75, 3.05) is 21.3 Å². The minimum Gasteiger partial charge on any atom is -0.497 e. The van der Waals surface area contributed by atoms with E-state index in [0.717, 1.165) is 62.5 Å². The Labute approximate surface area is 265 Å². The molecule has 0 radical (unpaired) electrons. The number of rotatable bonds is 5. The molecule has 1 aliphatic carbocycles. The second kappa shape index (κ2) is 12.3. The van der Waals surface area contributed by atoms with Crippen LogP contribution in [0.25, 0.3) is 10.9 Å². The Kier molecular flexibility index (Phi) is 8.24. The van der Waals surface area contributed by atoms with Crippen LogP contribution in [0.4, 0.5) is 4.79 Å². The van der Waals surface area contributed by atoms with Gasteiger partial charge < -0.3 is 19.8 Å². The van der Waals surface area contributed by atoms with Crippen LogP contribution < -0.4 is 14.8 Å². The molecule has 4 aromatic rings. The number of carbonyl (C=O) groups is 3. The Bertz CT molecular complexity index is 1820. The molecule has 0 saturated carbocycles. The Morgan fingerprint density at radius 1 is 1.04 bits per heavy atom. The van der Waals surface area contributed by atoms with Crippen LogP contribution in [0.2, 0.25) is 5.02 Å². The molecule has 10 nitrogen and oxygen atoms in total. The van der Waals surface area contributed by atoms with E-state index in [-0.39, 0.29) is 29.8 Å². The van der Waals surface area contributed by atoms with Gasteiger partial charge in [-0.1, -0.05) is 41.9 Å². The molecule has 0 unspecified atom stereocenters. The number of aromatic amines is 1. The minimum absolute atomic E-state index is 0.0443. The number of carbonyl (C=O) groups excluding carboxylic acids is 3. The molecule has 3 aromatic carbocycles. The van der Waals surface area contributed by atoms with E-state index < -0.39 is 6.04 Å². The average Bonchev–Trinajstić information content (AvgIpc) is 3.73. The second-order valence-corrected chi connectivity index (χ2v) is 11.7. The number of aryl methyl sites for hydroxylation is 1. The molecule has 1 fully saturated rings. The van der Waals surface area contributed by atoms with E-state index in [1.54, 1.807) is 32.2 Å². The van der Waals surface area contributed by atoms with Crippen molar-refractivity contribution in [3.8, 4) is 11.5 Å². The van der Waals surface area contributed by atoms with Gasteiger partial charge in [-0.05, 0) is 59.9 Å². The lowest BCUT2D eigenvalue weighted by Gasteiger charge is -2.29. The van der Waals surface area contributed by atoms with Crippen molar-refractivity contribution in [1.82, 2.24) is 20.2 Å². The van der Waals surface area contributed by atoms with Crippen molar-refractivity contribution in [3.63, 3.8) is 0 Å². The predicted octanol–water partition coefficient (Wildman–Crippen LogP) is 5.49. The minimum atomic E-state index is -0.504. The van der Waals surface area contributed by atoms with Gasteiger partial charge in [0.1, 0.15) is 17.5 Å². The van der Waals surface area contributed by atoms with Crippen molar-refractivity contribution in [3.05, 3.63) is 94.1 Å². The molecule has 7 rings (SSSR count). The number of methoxy groups -OCH3 is 2. The fourth-order valence-corrected chi connectivity index (χ4v) is 6.58. The van der Waals surface area contributed by atoms with Gasteiger partial charge >= 0.3 is 6.03 Å². The first-order valence-electron chi connectivity index (χ1n) is 14.7. The number of hydrogen-bond donors (Lipinski definition) is 2. The maximum Gasteiger partial charge on any atom is 0.324 e. The first-order valence-corrected chi connectivity index (χ1v) is 15.1. The lowest BCUT2D eigenvalue weighted by atomic mass is 9.77. The quantitative estimate of drug-likeness (QED) is 0.284. The molecule has 0 spiro atoms. The molecule has 2 aliphatic heterocycles. The van der Waals surface area contributed by atoms with E-state index in [1.807, 2.05) is 54.7 Å². The summed E-state index contributed by atoms with van der Waals surface area (Å²) >= 11 is 6.09. The predicted molar refractivity (Wildman–Crippen MR) is 172 cm³/mol. The summed E-state index contributed by atoms with van der Waals surface area (Å²) in [6.45, 7) is 1.57. The highest BCUT2D eigenvalue weighted by Crippen LogP contribution is 2.44. The molecule has 3 heterocycles. The molecule has 3 atom stereocenters. The van der Waals surface area contributed by atoms with E-state index in [9.17, 15) is 14.4 Å². The number of ether oxygens (including phenoxy) is 2. The van der Waals surface area contributed by atoms with Gasteiger partial charge in [-0.2, -0.15) is 5.10 Å². The summed E-state index contributed by atoms with van der Waals surface area (Å²) in [4.78, 5) is 39.8. The van der Waals surface area contributed by atoms with Crippen molar-refractivity contribution < 1.29 is 23.9 Å². The highest BCUT2D eigenvalue weighted by atomic mass is 35.5. The molecule has 45 heavy (non-hydrogen) atoms. The maximum atomic E-state index is 12.3. The van der Waals surface area contributed by atoms with E-state index in [0.29, 0.717) is 11.4 Å². The Morgan fingerprint density at radius 3 is 2.44 bits per heavy atom. The third-order valence-corrected chi connectivity index (χ3v) is 9.03. The van der Waals surface area contributed by atoms with Crippen LogP contribution in [0.15, 0.2) is 72.0 Å². The monoisotopic (exact) mass is 627 g/mol.